The minimum Gasteiger partial charge on any atom is -0.361 e. The van der Waals surface area contributed by atoms with Crippen molar-refractivity contribution in [1.82, 2.24) is 9.55 Å². The minimum atomic E-state index is -0.359. The van der Waals surface area contributed by atoms with Gasteiger partial charge in [-0.1, -0.05) is 40.2 Å². The lowest BCUT2D eigenvalue weighted by Gasteiger charge is -2.31. The zero-order valence-corrected chi connectivity index (χ0v) is 15.6. The third kappa shape index (κ3) is 2.99. The molecule has 0 saturated heterocycles. The maximum absolute atomic E-state index is 14.3. The zero-order valence-electron chi connectivity index (χ0n) is 14.0. The van der Waals surface area contributed by atoms with Crippen LogP contribution in [0.1, 0.15) is 16.8 Å². The number of hydrogen-bond acceptors (Lipinski definition) is 3. The highest BCUT2D eigenvalue weighted by molar-refractivity contribution is 9.08. The minimum absolute atomic E-state index is 0.336. The van der Waals surface area contributed by atoms with Gasteiger partial charge in [-0.3, -0.25) is 0 Å². The molecule has 0 saturated carbocycles. The van der Waals surface area contributed by atoms with Gasteiger partial charge >= 0.3 is 0 Å². The molecule has 0 aliphatic carbocycles. The molecule has 2 aromatic carbocycles. The monoisotopic (exact) mass is 410 g/mol. The zero-order chi connectivity index (χ0) is 18.1. The molecule has 0 radical (unpaired) electrons. The molecule has 0 amide bonds. The number of rotatable bonds is 3. The van der Waals surface area contributed by atoms with Crippen molar-refractivity contribution in [2.45, 2.75) is 18.4 Å². The number of hydrogen-bond donors (Lipinski definition) is 0. The Morgan fingerprint density at radius 1 is 1.15 bits per heavy atom. The van der Waals surface area contributed by atoms with Crippen LogP contribution in [0.4, 0.5) is 10.1 Å². The first kappa shape index (κ1) is 16.8. The summed E-state index contributed by atoms with van der Waals surface area (Å²) in [5, 5.41) is 9.72. The Labute approximate surface area is 159 Å². The second-order valence-corrected chi connectivity index (χ2v) is 6.82. The maximum Gasteiger partial charge on any atom is 0.147 e. The Bertz CT molecular complexity index is 988. The van der Waals surface area contributed by atoms with Crippen LogP contribution in [-0.4, -0.2) is 16.1 Å². The predicted octanol–water partition coefficient (Wildman–Crippen LogP) is 4.48. The fraction of sp³-hybridized carbons (Fsp3) is 0.200. The third-order valence-corrected chi connectivity index (χ3v) is 5.32. The molecule has 0 spiro atoms. The molecular formula is C20H16BrFN4. The Balaban J connectivity index is 1.61. The lowest BCUT2D eigenvalue weighted by Crippen LogP contribution is -2.34. The van der Waals surface area contributed by atoms with E-state index in [1.807, 2.05) is 17.2 Å². The van der Waals surface area contributed by atoms with Crippen LogP contribution >= 0.6 is 15.9 Å². The molecule has 1 aliphatic heterocycles. The van der Waals surface area contributed by atoms with Crippen LogP contribution in [0.2, 0.25) is 0 Å². The highest BCUT2D eigenvalue weighted by Gasteiger charge is 2.22. The Kier molecular flexibility index (Phi) is 4.48. The predicted molar refractivity (Wildman–Crippen MR) is 102 cm³/mol. The fourth-order valence-corrected chi connectivity index (χ4v) is 3.67. The molecule has 0 bridgehead atoms. The van der Waals surface area contributed by atoms with E-state index >= 15 is 0 Å². The van der Waals surface area contributed by atoms with E-state index in [4.69, 9.17) is 5.26 Å². The van der Waals surface area contributed by atoms with Gasteiger partial charge in [0.2, 0.25) is 0 Å². The molecular weight excluding hydrogens is 395 g/mol. The molecule has 26 heavy (non-hydrogen) atoms. The number of alkyl halides is 1. The number of anilines is 1. The smallest absolute Gasteiger partial charge is 0.147 e. The van der Waals surface area contributed by atoms with Gasteiger partial charge in [-0.25, -0.2) is 9.37 Å². The molecule has 1 aromatic heterocycles. The van der Waals surface area contributed by atoms with Crippen molar-refractivity contribution < 1.29 is 4.39 Å². The summed E-state index contributed by atoms with van der Waals surface area (Å²) in [6.07, 6.45) is 1.86. The molecule has 3 aromatic rings. The molecule has 4 nitrogen and oxygen atoms in total. The quantitative estimate of drug-likeness (QED) is 0.598. The van der Waals surface area contributed by atoms with Crippen LogP contribution in [-0.2, 0) is 18.4 Å². The van der Waals surface area contributed by atoms with Crippen LogP contribution in [0.25, 0.3) is 11.4 Å². The molecule has 4 rings (SSSR count). The molecule has 2 heterocycles. The van der Waals surface area contributed by atoms with Crippen molar-refractivity contribution in [3.05, 3.63) is 71.3 Å². The van der Waals surface area contributed by atoms with Crippen molar-refractivity contribution >= 4 is 21.6 Å². The van der Waals surface area contributed by atoms with Crippen molar-refractivity contribution in [2.75, 3.05) is 11.4 Å². The largest absolute Gasteiger partial charge is 0.361 e. The van der Waals surface area contributed by atoms with Crippen LogP contribution in [0.15, 0.2) is 48.7 Å². The summed E-state index contributed by atoms with van der Waals surface area (Å²) >= 11 is 3.46. The number of fused-ring (bicyclic) bond motifs is 1. The molecule has 0 atom stereocenters. The first-order chi connectivity index (χ1) is 12.7. The van der Waals surface area contributed by atoms with Gasteiger partial charge in [0.05, 0.1) is 35.8 Å². The summed E-state index contributed by atoms with van der Waals surface area (Å²) in [4.78, 5) is 6.58. The van der Waals surface area contributed by atoms with Gasteiger partial charge in [0.15, 0.2) is 0 Å². The number of benzene rings is 2. The van der Waals surface area contributed by atoms with Crippen molar-refractivity contribution in [1.29, 1.82) is 5.26 Å². The maximum atomic E-state index is 14.3. The van der Waals surface area contributed by atoms with Crippen molar-refractivity contribution in [3.63, 3.8) is 0 Å². The number of aromatic nitrogens is 2. The first-order valence-electron chi connectivity index (χ1n) is 8.34. The van der Waals surface area contributed by atoms with E-state index in [-0.39, 0.29) is 5.82 Å². The van der Waals surface area contributed by atoms with Crippen LogP contribution < -0.4 is 4.90 Å². The van der Waals surface area contributed by atoms with Crippen molar-refractivity contribution in [3.8, 4) is 17.5 Å². The van der Waals surface area contributed by atoms with Gasteiger partial charge in [0.25, 0.3) is 0 Å². The van der Waals surface area contributed by atoms with Crippen molar-refractivity contribution in [2.24, 2.45) is 0 Å². The number of halogens is 2. The van der Waals surface area contributed by atoms with Crippen LogP contribution in [0.5, 0.6) is 0 Å². The van der Waals surface area contributed by atoms with Gasteiger partial charge in [-0.2, -0.15) is 5.26 Å². The standard InChI is InChI=1S/C20H16BrFN4/c21-10-14-1-4-16(5-2-14)20-24-12-17-13-25(7-8-26(17)20)19-6-3-15(11-23)9-18(19)22/h1-6,9,12H,7-8,10,13H2. The third-order valence-electron chi connectivity index (χ3n) is 4.67. The Morgan fingerprint density at radius 3 is 2.65 bits per heavy atom. The van der Waals surface area contributed by atoms with Gasteiger partial charge in [0, 0.05) is 24.0 Å². The number of nitrogens with zero attached hydrogens (tertiary/aromatic N) is 4. The molecule has 130 valence electrons. The Morgan fingerprint density at radius 2 is 1.96 bits per heavy atom. The number of nitriles is 1. The average molecular weight is 411 g/mol. The van der Waals surface area contributed by atoms with E-state index in [0.717, 1.165) is 29.0 Å². The topological polar surface area (TPSA) is 44.9 Å². The SMILES string of the molecule is N#Cc1ccc(N2CCn3c(cnc3-c3ccc(CBr)cc3)C2)c(F)c1. The second-order valence-electron chi connectivity index (χ2n) is 6.25. The van der Waals surface area contributed by atoms with Gasteiger partial charge < -0.3 is 9.47 Å². The van der Waals surface area contributed by atoms with E-state index in [2.05, 4.69) is 49.7 Å². The molecule has 6 heteroatoms. The van der Waals surface area contributed by atoms with Crippen LogP contribution in [0, 0.1) is 17.1 Å². The average Bonchev–Trinajstić information content (AvgIpc) is 3.11. The van der Waals surface area contributed by atoms with Gasteiger partial charge in [-0.05, 0) is 23.8 Å². The molecule has 1 aliphatic rings. The Hall–Kier alpha value is -2.65. The van der Waals surface area contributed by atoms with E-state index in [0.29, 0.717) is 24.3 Å². The lowest BCUT2D eigenvalue weighted by atomic mass is 10.1. The lowest BCUT2D eigenvalue weighted by molar-refractivity contribution is 0.556. The van der Waals surface area contributed by atoms with Gasteiger partial charge in [-0.15, -0.1) is 0 Å². The van der Waals surface area contributed by atoms with E-state index in [1.54, 1.807) is 12.1 Å². The molecule has 0 unspecified atom stereocenters. The summed E-state index contributed by atoms with van der Waals surface area (Å²) < 4.78 is 16.5. The fourth-order valence-electron chi connectivity index (χ4n) is 3.29. The second kappa shape index (κ2) is 6.93. The van der Waals surface area contributed by atoms with Crippen LogP contribution in [0.3, 0.4) is 0 Å². The summed E-state index contributed by atoms with van der Waals surface area (Å²) in [7, 11) is 0. The van der Waals surface area contributed by atoms with E-state index in [9.17, 15) is 4.39 Å². The van der Waals surface area contributed by atoms with Gasteiger partial charge in [0.1, 0.15) is 11.6 Å². The summed E-state index contributed by atoms with van der Waals surface area (Å²) in [6.45, 7) is 2.03. The summed E-state index contributed by atoms with van der Waals surface area (Å²) in [5.74, 6) is 0.587. The molecule has 0 fully saturated rings. The first-order valence-corrected chi connectivity index (χ1v) is 9.46. The molecule has 0 N–H and O–H groups in total. The highest BCUT2D eigenvalue weighted by atomic mass is 79.9. The normalized spacial score (nSPS) is 13.3. The van der Waals surface area contributed by atoms with E-state index < -0.39 is 0 Å². The van der Waals surface area contributed by atoms with E-state index in [1.165, 1.54) is 11.6 Å². The summed E-state index contributed by atoms with van der Waals surface area (Å²) in [5.41, 5.74) is 4.22. The number of imidazole rings is 1. The summed E-state index contributed by atoms with van der Waals surface area (Å²) in [6, 6.07) is 14.9. The highest BCUT2D eigenvalue weighted by Crippen LogP contribution is 2.28.